The summed E-state index contributed by atoms with van der Waals surface area (Å²) in [5.41, 5.74) is 5.91. The number of rotatable bonds is 13. The zero-order valence-electron chi connectivity index (χ0n) is 27.2. The van der Waals surface area contributed by atoms with Crippen LogP contribution in [0, 0.1) is 0 Å². The second-order valence-corrected chi connectivity index (χ2v) is 11.3. The molecule has 0 saturated carbocycles. The summed E-state index contributed by atoms with van der Waals surface area (Å²) in [6.45, 7) is 6.04. The number of pyridine rings is 2. The smallest absolute Gasteiger partial charge is 0.252 e. The molecule has 6 rings (SSSR count). The highest BCUT2D eigenvalue weighted by Gasteiger charge is 2.16. The number of ether oxygens (including phenoxy) is 2. The normalized spacial score (nSPS) is 11.0. The van der Waals surface area contributed by atoms with E-state index in [0.29, 0.717) is 50.3 Å². The van der Waals surface area contributed by atoms with Crippen LogP contribution in [-0.2, 0) is 0 Å². The molecular weight excluding hydrogens is 600 g/mol. The number of carbonyl (C=O) groups excluding carboxylic acids is 2. The number of hydrogen-bond acceptors (Lipinski definition) is 6. The van der Waals surface area contributed by atoms with Crippen LogP contribution in [0.25, 0.3) is 44.3 Å². The standard InChI is InChI=1S/C40H38N4O4/c1-3-47-29-19-15-27(16-20-29)37-25-33(31-11-5-7-13-35(31)43-37)39(45)41-23-9-10-24-42-40(46)34-26-38(44-36-14-8-6-12-32(34)36)28-17-21-30(22-18-28)48-4-2/h5-8,11-22,25-26H,3-4,9-10,23-24H2,1-2H3,(H,41,45)(H,42,46). The van der Waals surface area contributed by atoms with E-state index in [-0.39, 0.29) is 11.8 Å². The molecule has 0 fully saturated rings. The predicted molar refractivity (Wildman–Crippen MR) is 191 cm³/mol. The number of nitrogens with one attached hydrogen (secondary N) is 2. The molecule has 8 heteroatoms. The van der Waals surface area contributed by atoms with Crippen LogP contribution >= 0.6 is 0 Å². The van der Waals surface area contributed by atoms with Crippen molar-refractivity contribution in [2.45, 2.75) is 26.7 Å². The summed E-state index contributed by atoms with van der Waals surface area (Å²) in [7, 11) is 0. The van der Waals surface area contributed by atoms with Gasteiger partial charge in [-0.3, -0.25) is 9.59 Å². The molecule has 4 aromatic carbocycles. The summed E-state index contributed by atoms with van der Waals surface area (Å²) in [4.78, 5) is 36.4. The van der Waals surface area contributed by atoms with Crippen molar-refractivity contribution in [2.75, 3.05) is 26.3 Å². The number of amides is 2. The van der Waals surface area contributed by atoms with Gasteiger partial charge >= 0.3 is 0 Å². The highest BCUT2D eigenvalue weighted by Crippen LogP contribution is 2.28. The summed E-state index contributed by atoms with van der Waals surface area (Å²) in [5, 5.41) is 7.72. The van der Waals surface area contributed by atoms with Crippen LogP contribution in [0.5, 0.6) is 11.5 Å². The predicted octanol–water partition coefficient (Wildman–Crippen LogP) is 7.85. The molecule has 0 unspecified atom stereocenters. The van der Waals surface area contributed by atoms with Crippen LogP contribution in [0.1, 0.15) is 47.4 Å². The first-order valence-corrected chi connectivity index (χ1v) is 16.4. The molecule has 0 bridgehead atoms. The summed E-state index contributed by atoms with van der Waals surface area (Å²) < 4.78 is 11.1. The van der Waals surface area contributed by atoms with E-state index < -0.39 is 0 Å². The Hall–Kier alpha value is -5.76. The van der Waals surface area contributed by atoms with Crippen LogP contribution in [-0.4, -0.2) is 48.1 Å². The van der Waals surface area contributed by atoms with Gasteiger partial charge in [-0.15, -0.1) is 0 Å². The van der Waals surface area contributed by atoms with Crippen molar-refractivity contribution in [3.05, 3.63) is 120 Å². The second-order valence-electron chi connectivity index (χ2n) is 11.3. The van der Waals surface area contributed by atoms with E-state index in [1.807, 2.05) is 123 Å². The SMILES string of the molecule is CCOc1ccc(-c2cc(C(=O)NCCCCNC(=O)c3cc(-c4ccc(OCC)cc4)nc4ccccc34)c3ccccc3n2)cc1. The number of para-hydroxylation sites is 2. The lowest BCUT2D eigenvalue weighted by Crippen LogP contribution is -2.27. The molecule has 242 valence electrons. The Balaban J connectivity index is 1.07. The zero-order valence-corrected chi connectivity index (χ0v) is 27.2. The molecule has 0 atom stereocenters. The van der Waals surface area contributed by atoms with Crippen molar-refractivity contribution in [2.24, 2.45) is 0 Å². The lowest BCUT2D eigenvalue weighted by atomic mass is 10.0. The van der Waals surface area contributed by atoms with Gasteiger partial charge in [0.15, 0.2) is 0 Å². The molecule has 2 heterocycles. The summed E-state index contributed by atoms with van der Waals surface area (Å²) in [5.74, 6) is 1.27. The van der Waals surface area contributed by atoms with Gasteiger partial charge in [0.05, 0.1) is 46.8 Å². The zero-order chi connectivity index (χ0) is 33.3. The van der Waals surface area contributed by atoms with Crippen LogP contribution in [0.15, 0.2) is 109 Å². The van der Waals surface area contributed by atoms with E-state index in [4.69, 9.17) is 19.4 Å². The van der Waals surface area contributed by atoms with Crippen molar-refractivity contribution in [1.82, 2.24) is 20.6 Å². The maximum atomic E-state index is 13.4. The fourth-order valence-corrected chi connectivity index (χ4v) is 5.64. The van der Waals surface area contributed by atoms with Gasteiger partial charge in [0, 0.05) is 35.0 Å². The number of nitrogens with zero attached hydrogens (tertiary/aromatic N) is 2. The summed E-state index contributed by atoms with van der Waals surface area (Å²) in [6.07, 6.45) is 1.41. The molecule has 0 aliphatic rings. The maximum absolute atomic E-state index is 13.4. The number of carbonyl (C=O) groups is 2. The molecule has 2 amide bonds. The average molecular weight is 639 g/mol. The number of aromatic nitrogens is 2. The van der Waals surface area contributed by atoms with E-state index in [1.54, 1.807) is 0 Å². The Labute approximate surface area is 280 Å². The first-order valence-electron chi connectivity index (χ1n) is 16.4. The fourth-order valence-electron chi connectivity index (χ4n) is 5.64. The minimum Gasteiger partial charge on any atom is -0.494 e. The topological polar surface area (TPSA) is 102 Å². The largest absolute Gasteiger partial charge is 0.494 e. The van der Waals surface area contributed by atoms with Gasteiger partial charge in [-0.2, -0.15) is 0 Å². The monoisotopic (exact) mass is 638 g/mol. The van der Waals surface area contributed by atoms with Crippen LogP contribution in [0.2, 0.25) is 0 Å². The van der Waals surface area contributed by atoms with E-state index in [9.17, 15) is 9.59 Å². The van der Waals surface area contributed by atoms with E-state index in [2.05, 4.69) is 10.6 Å². The van der Waals surface area contributed by atoms with Gasteiger partial charge < -0.3 is 20.1 Å². The third kappa shape index (κ3) is 7.44. The van der Waals surface area contributed by atoms with E-state index >= 15 is 0 Å². The number of benzene rings is 4. The Morgan fingerprint density at radius 2 is 0.958 bits per heavy atom. The Kier molecular flexibility index (Phi) is 10.2. The maximum Gasteiger partial charge on any atom is 0.252 e. The molecule has 6 aromatic rings. The Morgan fingerprint density at radius 3 is 1.35 bits per heavy atom. The molecule has 2 N–H and O–H groups in total. The first-order chi connectivity index (χ1) is 23.5. The average Bonchev–Trinajstić information content (AvgIpc) is 3.13. The molecule has 0 aliphatic heterocycles. The van der Waals surface area contributed by atoms with Crippen molar-refractivity contribution in [1.29, 1.82) is 0 Å². The lowest BCUT2D eigenvalue weighted by molar-refractivity contribution is 0.0941. The highest BCUT2D eigenvalue weighted by atomic mass is 16.5. The number of unbranched alkanes of at least 4 members (excludes halogenated alkanes) is 1. The fraction of sp³-hybridized carbons (Fsp3) is 0.200. The molecule has 0 aliphatic carbocycles. The Bertz CT molecular complexity index is 1890. The quantitative estimate of drug-likeness (QED) is 0.125. The van der Waals surface area contributed by atoms with Gasteiger partial charge in [-0.25, -0.2) is 9.97 Å². The van der Waals surface area contributed by atoms with Gasteiger partial charge in [-0.1, -0.05) is 36.4 Å². The van der Waals surface area contributed by atoms with E-state index in [1.165, 1.54) is 0 Å². The molecular formula is C40H38N4O4. The number of fused-ring (bicyclic) bond motifs is 2. The van der Waals surface area contributed by atoms with Crippen molar-refractivity contribution in [3.63, 3.8) is 0 Å². The van der Waals surface area contributed by atoms with Gasteiger partial charge in [0.1, 0.15) is 11.5 Å². The lowest BCUT2D eigenvalue weighted by Gasteiger charge is -2.12. The number of hydrogen-bond donors (Lipinski definition) is 2. The molecule has 8 nitrogen and oxygen atoms in total. The van der Waals surface area contributed by atoms with Crippen LogP contribution in [0.3, 0.4) is 0 Å². The van der Waals surface area contributed by atoms with E-state index in [0.717, 1.165) is 55.8 Å². The Morgan fingerprint density at radius 1 is 0.562 bits per heavy atom. The van der Waals surface area contributed by atoms with Gasteiger partial charge in [0.2, 0.25) is 0 Å². The third-order valence-corrected chi connectivity index (χ3v) is 8.02. The van der Waals surface area contributed by atoms with Crippen LogP contribution in [0.4, 0.5) is 0 Å². The summed E-state index contributed by atoms with van der Waals surface area (Å²) in [6, 6.07) is 34.5. The minimum absolute atomic E-state index is 0.158. The minimum atomic E-state index is -0.158. The molecule has 0 saturated heterocycles. The van der Waals surface area contributed by atoms with Crippen molar-refractivity contribution < 1.29 is 19.1 Å². The second kappa shape index (κ2) is 15.2. The molecule has 0 spiro atoms. The third-order valence-electron chi connectivity index (χ3n) is 8.02. The first kappa shape index (κ1) is 32.2. The van der Waals surface area contributed by atoms with Crippen molar-refractivity contribution in [3.8, 4) is 34.0 Å². The van der Waals surface area contributed by atoms with Gasteiger partial charge in [-0.05, 0) is 99.5 Å². The van der Waals surface area contributed by atoms with Gasteiger partial charge in [0.25, 0.3) is 11.8 Å². The molecule has 2 aromatic heterocycles. The van der Waals surface area contributed by atoms with Crippen molar-refractivity contribution >= 4 is 33.6 Å². The highest BCUT2D eigenvalue weighted by molar-refractivity contribution is 6.08. The summed E-state index contributed by atoms with van der Waals surface area (Å²) >= 11 is 0. The molecule has 0 radical (unpaired) electrons. The molecule has 48 heavy (non-hydrogen) atoms. The van der Waals surface area contributed by atoms with Crippen LogP contribution < -0.4 is 20.1 Å².